The molecule has 0 spiro atoms. The van der Waals surface area contributed by atoms with E-state index in [4.69, 9.17) is 5.11 Å². The molecule has 0 bridgehead atoms. The molecule has 3 N–H and O–H groups in total. The molecule has 0 radical (unpaired) electrons. The fourth-order valence-electron chi connectivity index (χ4n) is 1.87. The number of rotatable bonds is 4. The Morgan fingerprint density at radius 2 is 2.25 bits per heavy atom. The highest BCUT2D eigenvalue weighted by molar-refractivity contribution is 5.86. The molecule has 3 unspecified atom stereocenters. The summed E-state index contributed by atoms with van der Waals surface area (Å²) in [5.41, 5.74) is 0. The number of carbonyl (C=O) groups excluding carboxylic acids is 1. The monoisotopic (exact) mass is 230 g/mol. The summed E-state index contributed by atoms with van der Waals surface area (Å²) in [5, 5.41) is 20.9. The molecule has 1 fully saturated rings. The van der Waals surface area contributed by atoms with Crippen LogP contribution in [-0.2, 0) is 9.59 Å². The SMILES string of the molecule is CC(O)C(C)N1CCNC(=O)C1CC(=O)O. The number of hydrogen-bond donors (Lipinski definition) is 3. The second-order valence-corrected chi connectivity index (χ2v) is 4.12. The van der Waals surface area contributed by atoms with Gasteiger partial charge in [-0.15, -0.1) is 0 Å². The molecule has 1 rings (SSSR count). The first-order chi connectivity index (χ1) is 7.43. The first-order valence-electron chi connectivity index (χ1n) is 5.36. The second kappa shape index (κ2) is 5.27. The van der Waals surface area contributed by atoms with E-state index in [9.17, 15) is 14.7 Å². The Morgan fingerprint density at radius 1 is 1.62 bits per heavy atom. The van der Waals surface area contributed by atoms with E-state index in [1.54, 1.807) is 18.7 Å². The summed E-state index contributed by atoms with van der Waals surface area (Å²) in [5.74, 6) is -1.29. The van der Waals surface area contributed by atoms with Crippen LogP contribution in [0.15, 0.2) is 0 Å². The van der Waals surface area contributed by atoms with Crippen molar-refractivity contribution < 1.29 is 19.8 Å². The molecule has 1 heterocycles. The molecular weight excluding hydrogens is 212 g/mol. The van der Waals surface area contributed by atoms with Gasteiger partial charge in [-0.05, 0) is 13.8 Å². The standard InChI is InChI=1S/C10H18N2O4/c1-6(7(2)13)12-4-3-11-10(16)8(12)5-9(14)15/h6-8,13H,3-5H2,1-2H3,(H,11,16)(H,14,15). The third-order valence-corrected chi connectivity index (χ3v) is 2.96. The van der Waals surface area contributed by atoms with E-state index in [1.807, 2.05) is 0 Å². The summed E-state index contributed by atoms with van der Waals surface area (Å²) in [6.45, 7) is 4.48. The molecule has 3 atom stereocenters. The summed E-state index contributed by atoms with van der Waals surface area (Å²) in [7, 11) is 0. The van der Waals surface area contributed by atoms with Gasteiger partial charge in [-0.25, -0.2) is 0 Å². The highest BCUT2D eigenvalue weighted by atomic mass is 16.4. The zero-order valence-corrected chi connectivity index (χ0v) is 9.51. The number of nitrogens with one attached hydrogen (secondary N) is 1. The Morgan fingerprint density at radius 3 is 2.75 bits per heavy atom. The fourth-order valence-corrected chi connectivity index (χ4v) is 1.87. The Kier molecular flexibility index (Phi) is 4.26. The summed E-state index contributed by atoms with van der Waals surface area (Å²) in [6, 6.07) is -0.911. The number of aliphatic hydroxyl groups is 1. The van der Waals surface area contributed by atoms with Gasteiger partial charge in [-0.2, -0.15) is 0 Å². The lowest BCUT2D eigenvalue weighted by atomic mass is 10.0. The first-order valence-corrected chi connectivity index (χ1v) is 5.36. The number of carbonyl (C=O) groups is 2. The Balaban J connectivity index is 2.77. The number of aliphatic carboxylic acids is 1. The van der Waals surface area contributed by atoms with Crippen LogP contribution in [-0.4, -0.2) is 58.3 Å². The third kappa shape index (κ3) is 2.93. The molecule has 0 aromatic carbocycles. The van der Waals surface area contributed by atoms with E-state index >= 15 is 0 Å². The van der Waals surface area contributed by atoms with E-state index < -0.39 is 18.1 Å². The molecule has 0 aromatic rings. The predicted octanol–water partition coefficient (Wildman–Crippen LogP) is -0.969. The number of carboxylic acid groups (broad SMARTS) is 1. The molecule has 1 saturated heterocycles. The minimum absolute atomic E-state index is 0.226. The lowest BCUT2D eigenvalue weighted by Crippen LogP contribution is -2.60. The summed E-state index contributed by atoms with van der Waals surface area (Å²) in [6.07, 6.45) is -0.828. The van der Waals surface area contributed by atoms with Gasteiger partial charge in [0, 0.05) is 19.1 Å². The molecule has 1 aliphatic heterocycles. The maximum atomic E-state index is 11.6. The second-order valence-electron chi connectivity index (χ2n) is 4.12. The van der Waals surface area contributed by atoms with Crippen molar-refractivity contribution in [1.82, 2.24) is 10.2 Å². The molecule has 16 heavy (non-hydrogen) atoms. The summed E-state index contributed by atoms with van der Waals surface area (Å²) < 4.78 is 0. The van der Waals surface area contributed by atoms with Crippen molar-refractivity contribution in [2.75, 3.05) is 13.1 Å². The first kappa shape index (κ1) is 12.9. The van der Waals surface area contributed by atoms with Gasteiger partial charge in [-0.1, -0.05) is 0 Å². The molecule has 1 amide bonds. The molecule has 0 aromatic heterocycles. The van der Waals surface area contributed by atoms with Crippen molar-refractivity contribution in [3.63, 3.8) is 0 Å². The van der Waals surface area contributed by atoms with Crippen LogP contribution in [0.5, 0.6) is 0 Å². The number of amides is 1. The highest BCUT2D eigenvalue weighted by Crippen LogP contribution is 2.15. The molecule has 0 aliphatic carbocycles. The predicted molar refractivity (Wildman–Crippen MR) is 56.9 cm³/mol. The average Bonchev–Trinajstić information content (AvgIpc) is 2.19. The quantitative estimate of drug-likeness (QED) is 0.578. The molecule has 6 heteroatoms. The Bertz CT molecular complexity index is 280. The van der Waals surface area contributed by atoms with Crippen molar-refractivity contribution in [1.29, 1.82) is 0 Å². The smallest absolute Gasteiger partial charge is 0.305 e. The zero-order valence-electron chi connectivity index (χ0n) is 9.51. The summed E-state index contributed by atoms with van der Waals surface area (Å²) >= 11 is 0. The number of carboxylic acids is 1. The van der Waals surface area contributed by atoms with Crippen LogP contribution >= 0.6 is 0 Å². The van der Waals surface area contributed by atoms with Gasteiger partial charge in [0.2, 0.25) is 5.91 Å². The van der Waals surface area contributed by atoms with Crippen LogP contribution < -0.4 is 5.32 Å². The average molecular weight is 230 g/mol. The van der Waals surface area contributed by atoms with Gasteiger partial charge in [0.05, 0.1) is 12.5 Å². The van der Waals surface area contributed by atoms with Gasteiger partial charge in [0.1, 0.15) is 6.04 Å². The van der Waals surface area contributed by atoms with Crippen molar-refractivity contribution in [2.24, 2.45) is 0 Å². The van der Waals surface area contributed by atoms with E-state index in [-0.39, 0.29) is 18.4 Å². The normalized spacial score (nSPS) is 25.9. The van der Waals surface area contributed by atoms with E-state index in [0.717, 1.165) is 0 Å². The molecule has 1 aliphatic rings. The number of piperazine rings is 1. The number of nitrogens with zero attached hydrogens (tertiary/aromatic N) is 1. The summed E-state index contributed by atoms with van der Waals surface area (Å²) in [4.78, 5) is 24.0. The largest absolute Gasteiger partial charge is 0.481 e. The van der Waals surface area contributed by atoms with Crippen molar-refractivity contribution in [3.05, 3.63) is 0 Å². The number of hydrogen-bond acceptors (Lipinski definition) is 4. The van der Waals surface area contributed by atoms with Crippen LogP contribution in [0.3, 0.4) is 0 Å². The van der Waals surface area contributed by atoms with Crippen LogP contribution in [0.2, 0.25) is 0 Å². The topological polar surface area (TPSA) is 89.9 Å². The number of aliphatic hydroxyl groups excluding tert-OH is 1. The zero-order chi connectivity index (χ0) is 12.3. The van der Waals surface area contributed by atoms with E-state index in [2.05, 4.69) is 5.32 Å². The molecule has 6 nitrogen and oxygen atoms in total. The van der Waals surface area contributed by atoms with Crippen LogP contribution in [0.25, 0.3) is 0 Å². The molecular formula is C10H18N2O4. The van der Waals surface area contributed by atoms with Gasteiger partial charge in [0.25, 0.3) is 0 Å². The van der Waals surface area contributed by atoms with Gasteiger partial charge >= 0.3 is 5.97 Å². The molecule has 0 saturated carbocycles. The van der Waals surface area contributed by atoms with Gasteiger partial charge in [-0.3, -0.25) is 14.5 Å². The van der Waals surface area contributed by atoms with Crippen LogP contribution in [0.4, 0.5) is 0 Å². The lowest BCUT2D eigenvalue weighted by molar-refractivity contribution is -0.144. The van der Waals surface area contributed by atoms with Crippen LogP contribution in [0.1, 0.15) is 20.3 Å². The Labute approximate surface area is 94.2 Å². The van der Waals surface area contributed by atoms with Gasteiger partial charge < -0.3 is 15.5 Å². The Hall–Kier alpha value is -1.14. The van der Waals surface area contributed by atoms with Crippen molar-refractivity contribution >= 4 is 11.9 Å². The van der Waals surface area contributed by atoms with Crippen molar-refractivity contribution in [3.8, 4) is 0 Å². The lowest BCUT2D eigenvalue weighted by Gasteiger charge is -2.39. The minimum Gasteiger partial charge on any atom is -0.481 e. The van der Waals surface area contributed by atoms with E-state index in [0.29, 0.717) is 13.1 Å². The fraction of sp³-hybridized carbons (Fsp3) is 0.800. The maximum Gasteiger partial charge on any atom is 0.305 e. The van der Waals surface area contributed by atoms with Crippen LogP contribution in [0, 0.1) is 0 Å². The maximum absolute atomic E-state index is 11.6. The molecule has 92 valence electrons. The third-order valence-electron chi connectivity index (χ3n) is 2.96. The minimum atomic E-state index is -1.01. The van der Waals surface area contributed by atoms with Gasteiger partial charge in [0.15, 0.2) is 0 Å². The highest BCUT2D eigenvalue weighted by Gasteiger charge is 2.35. The van der Waals surface area contributed by atoms with Crippen molar-refractivity contribution in [2.45, 2.75) is 38.5 Å². The van der Waals surface area contributed by atoms with E-state index in [1.165, 1.54) is 0 Å².